The first-order chi connectivity index (χ1) is 18.7. The van der Waals surface area contributed by atoms with Crippen LogP contribution in [0.2, 0.25) is 0 Å². The average Bonchev–Trinajstić information content (AvgIpc) is 3.15. The largest absolute Gasteiger partial charge is 0.494 e. The molecule has 0 N–H and O–H groups in total. The predicted molar refractivity (Wildman–Crippen MR) is 168 cm³/mol. The highest BCUT2D eigenvalue weighted by atomic mass is 16.7. The fourth-order valence-corrected chi connectivity index (χ4v) is 5.22. The first kappa shape index (κ1) is 28.3. The normalized spacial score (nSPS) is 16.8. The van der Waals surface area contributed by atoms with Gasteiger partial charge in [-0.1, -0.05) is 101 Å². The molecule has 40 heavy (non-hydrogen) atoms. The number of hydrogen-bond acceptors (Lipinski definition) is 3. The van der Waals surface area contributed by atoms with Gasteiger partial charge in [-0.2, -0.15) is 0 Å². The maximum Gasteiger partial charge on any atom is 0.494 e. The Morgan fingerprint density at radius 2 is 1.20 bits per heavy atom. The topological polar surface area (TPSA) is 31.4 Å². The van der Waals surface area contributed by atoms with E-state index in [1.54, 1.807) is 0 Å². The molecule has 0 bridgehead atoms. The lowest BCUT2D eigenvalue weighted by Gasteiger charge is -2.32. The number of nitrogens with zero attached hydrogens (tertiary/aromatic N) is 1. The van der Waals surface area contributed by atoms with Crippen LogP contribution in [0.25, 0.3) is 22.4 Å². The Kier molecular flexibility index (Phi) is 7.09. The molecular weight excluding hydrogens is 489 g/mol. The van der Waals surface area contributed by atoms with Crippen molar-refractivity contribution in [1.82, 2.24) is 4.98 Å². The van der Waals surface area contributed by atoms with Crippen LogP contribution in [0, 0.1) is 0 Å². The van der Waals surface area contributed by atoms with Crippen LogP contribution in [0.5, 0.6) is 0 Å². The predicted octanol–water partition coefficient (Wildman–Crippen LogP) is 8.34. The highest BCUT2D eigenvalue weighted by Crippen LogP contribution is 2.38. The van der Waals surface area contributed by atoms with Gasteiger partial charge in [0.05, 0.1) is 16.9 Å². The standard InChI is InChI=1S/C36H42BNO2/c1-33(2,3)30-21-27(22-31(24-30)37-39-35(6,7)36(8,9)40-37)32-23-26(19-20-38-32)25-15-17-29(18-16-25)34(4,5)28-13-11-10-12-14-28/h10-24H,1-9H3. The van der Waals surface area contributed by atoms with Crippen molar-refractivity contribution in [3.05, 3.63) is 108 Å². The van der Waals surface area contributed by atoms with Crippen LogP contribution in [-0.4, -0.2) is 23.3 Å². The van der Waals surface area contributed by atoms with Gasteiger partial charge >= 0.3 is 7.12 Å². The number of aromatic nitrogens is 1. The van der Waals surface area contributed by atoms with Gasteiger partial charge in [-0.3, -0.25) is 4.98 Å². The molecule has 1 aliphatic rings. The molecule has 0 radical (unpaired) electrons. The second-order valence-corrected chi connectivity index (χ2v) is 13.7. The summed E-state index contributed by atoms with van der Waals surface area (Å²) in [4.78, 5) is 4.80. The number of rotatable bonds is 5. The number of benzene rings is 3. The van der Waals surface area contributed by atoms with Crippen LogP contribution in [0.4, 0.5) is 0 Å². The summed E-state index contributed by atoms with van der Waals surface area (Å²) in [5.74, 6) is 0. The molecular formula is C36H42BNO2. The molecule has 1 aromatic heterocycles. The van der Waals surface area contributed by atoms with Gasteiger partial charge < -0.3 is 9.31 Å². The zero-order valence-electron chi connectivity index (χ0n) is 25.5. The van der Waals surface area contributed by atoms with Crippen molar-refractivity contribution in [3.63, 3.8) is 0 Å². The Hall–Kier alpha value is -3.21. The summed E-state index contributed by atoms with van der Waals surface area (Å²) in [6.07, 6.45) is 1.91. The summed E-state index contributed by atoms with van der Waals surface area (Å²) in [6, 6.07) is 30.6. The maximum absolute atomic E-state index is 6.43. The average molecular weight is 532 g/mol. The second-order valence-electron chi connectivity index (χ2n) is 13.7. The third kappa shape index (κ3) is 5.40. The fourth-order valence-electron chi connectivity index (χ4n) is 5.22. The molecule has 3 aromatic carbocycles. The molecule has 0 spiro atoms. The van der Waals surface area contributed by atoms with Crippen LogP contribution in [0.1, 0.15) is 79.0 Å². The molecule has 0 amide bonds. The molecule has 4 heteroatoms. The van der Waals surface area contributed by atoms with Crippen molar-refractivity contribution >= 4 is 12.6 Å². The SMILES string of the molecule is CC(C)(C)c1cc(B2OC(C)(C)C(C)(C)O2)cc(-c2cc(-c3ccc(C(C)(C)c4ccccc4)cc3)ccn2)c1. The van der Waals surface area contributed by atoms with Crippen molar-refractivity contribution in [1.29, 1.82) is 0 Å². The van der Waals surface area contributed by atoms with E-state index in [9.17, 15) is 0 Å². The monoisotopic (exact) mass is 531 g/mol. The highest BCUT2D eigenvalue weighted by Gasteiger charge is 2.51. The van der Waals surface area contributed by atoms with Gasteiger partial charge in [-0.05, 0) is 84.6 Å². The van der Waals surface area contributed by atoms with E-state index >= 15 is 0 Å². The number of hydrogen-bond donors (Lipinski definition) is 0. The van der Waals surface area contributed by atoms with Crippen LogP contribution < -0.4 is 5.46 Å². The summed E-state index contributed by atoms with van der Waals surface area (Å²) >= 11 is 0. The van der Waals surface area contributed by atoms with Crippen LogP contribution in [0.15, 0.2) is 91.1 Å². The van der Waals surface area contributed by atoms with Crippen LogP contribution in [-0.2, 0) is 20.1 Å². The van der Waals surface area contributed by atoms with Crippen LogP contribution in [0.3, 0.4) is 0 Å². The van der Waals surface area contributed by atoms with Gasteiger partial charge in [0.2, 0.25) is 0 Å². The summed E-state index contributed by atoms with van der Waals surface area (Å²) in [7, 11) is -0.422. The molecule has 0 unspecified atom stereocenters. The number of pyridine rings is 1. The lowest BCUT2D eigenvalue weighted by Crippen LogP contribution is -2.41. The van der Waals surface area contributed by atoms with E-state index < -0.39 is 18.3 Å². The Balaban J connectivity index is 1.50. The molecule has 1 saturated heterocycles. The van der Waals surface area contributed by atoms with Gasteiger partial charge in [-0.15, -0.1) is 0 Å². The van der Waals surface area contributed by atoms with Gasteiger partial charge in [0, 0.05) is 17.2 Å². The van der Waals surface area contributed by atoms with Gasteiger partial charge in [0.1, 0.15) is 0 Å². The fraction of sp³-hybridized carbons (Fsp3) is 0.361. The summed E-state index contributed by atoms with van der Waals surface area (Å²) in [5.41, 5.74) is 8.30. The smallest absolute Gasteiger partial charge is 0.399 e. The molecule has 2 heterocycles. The summed E-state index contributed by atoms with van der Waals surface area (Å²) in [6.45, 7) is 19.7. The third-order valence-corrected chi connectivity index (χ3v) is 8.84. The zero-order valence-corrected chi connectivity index (χ0v) is 25.5. The summed E-state index contributed by atoms with van der Waals surface area (Å²) in [5, 5.41) is 0. The minimum absolute atomic E-state index is 0.0343. The zero-order chi connectivity index (χ0) is 28.9. The Morgan fingerprint density at radius 1 is 0.600 bits per heavy atom. The first-order valence-electron chi connectivity index (χ1n) is 14.3. The second kappa shape index (κ2) is 10.0. The quantitative estimate of drug-likeness (QED) is 0.243. The van der Waals surface area contributed by atoms with Gasteiger partial charge in [0.15, 0.2) is 0 Å². The van der Waals surface area contributed by atoms with E-state index in [1.807, 2.05) is 6.20 Å². The minimum atomic E-state index is -0.422. The van der Waals surface area contributed by atoms with Crippen molar-refractivity contribution in [2.24, 2.45) is 0 Å². The molecule has 206 valence electrons. The maximum atomic E-state index is 6.43. The van der Waals surface area contributed by atoms with E-state index in [0.29, 0.717) is 0 Å². The molecule has 0 saturated carbocycles. The lowest BCUT2D eigenvalue weighted by atomic mass is 9.74. The van der Waals surface area contributed by atoms with Crippen molar-refractivity contribution in [3.8, 4) is 22.4 Å². The van der Waals surface area contributed by atoms with Crippen molar-refractivity contribution in [2.45, 2.75) is 84.3 Å². The Labute approximate surface area is 241 Å². The molecule has 1 fully saturated rings. The molecule has 5 rings (SSSR count). The highest BCUT2D eigenvalue weighted by molar-refractivity contribution is 6.62. The first-order valence-corrected chi connectivity index (χ1v) is 14.3. The third-order valence-electron chi connectivity index (χ3n) is 8.84. The molecule has 1 aliphatic heterocycles. The Morgan fingerprint density at radius 3 is 1.80 bits per heavy atom. The molecule has 0 atom stereocenters. The molecule has 4 aromatic rings. The lowest BCUT2D eigenvalue weighted by molar-refractivity contribution is 0.00578. The van der Waals surface area contributed by atoms with Crippen LogP contribution >= 0.6 is 0 Å². The van der Waals surface area contributed by atoms with E-state index in [4.69, 9.17) is 14.3 Å². The van der Waals surface area contributed by atoms with E-state index in [0.717, 1.165) is 22.3 Å². The van der Waals surface area contributed by atoms with E-state index in [-0.39, 0.29) is 10.8 Å². The van der Waals surface area contributed by atoms with E-state index in [1.165, 1.54) is 22.3 Å². The summed E-state index contributed by atoms with van der Waals surface area (Å²) < 4.78 is 12.9. The van der Waals surface area contributed by atoms with Gasteiger partial charge in [0.25, 0.3) is 0 Å². The van der Waals surface area contributed by atoms with E-state index in [2.05, 4.69) is 147 Å². The van der Waals surface area contributed by atoms with Crippen molar-refractivity contribution < 1.29 is 9.31 Å². The minimum Gasteiger partial charge on any atom is -0.399 e. The molecule has 0 aliphatic carbocycles. The Bertz CT molecular complexity index is 1480. The van der Waals surface area contributed by atoms with Crippen molar-refractivity contribution in [2.75, 3.05) is 0 Å². The van der Waals surface area contributed by atoms with Gasteiger partial charge in [-0.25, -0.2) is 0 Å². The molecule has 3 nitrogen and oxygen atoms in total.